The highest BCUT2D eigenvalue weighted by Crippen LogP contribution is 2.42. The summed E-state index contributed by atoms with van der Waals surface area (Å²) in [6, 6.07) is 4.04. The van der Waals surface area contributed by atoms with E-state index >= 15 is 0 Å². The number of benzene rings is 1. The maximum absolute atomic E-state index is 11.3. The molecule has 0 aliphatic rings. The molecule has 2 N–H and O–H groups in total. The highest BCUT2D eigenvalue weighted by molar-refractivity contribution is 5.68. The van der Waals surface area contributed by atoms with Crippen molar-refractivity contribution in [3.8, 4) is 5.75 Å². The summed E-state index contributed by atoms with van der Waals surface area (Å²) in [7, 11) is 0. The second kappa shape index (κ2) is 7.58. The number of hydrogen-bond acceptors (Lipinski definition) is 2. The van der Waals surface area contributed by atoms with Gasteiger partial charge < -0.3 is 10.2 Å². The molecule has 1 aromatic rings. The van der Waals surface area contributed by atoms with Crippen LogP contribution in [0.3, 0.4) is 0 Å². The van der Waals surface area contributed by atoms with Gasteiger partial charge in [0.05, 0.1) is 6.42 Å². The minimum Gasteiger partial charge on any atom is -0.507 e. The molecule has 3 heteroatoms. The maximum Gasteiger partial charge on any atom is 0.303 e. The minimum atomic E-state index is -0.765. The fourth-order valence-electron chi connectivity index (χ4n) is 3.08. The third-order valence-corrected chi connectivity index (χ3v) is 4.55. The Morgan fingerprint density at radius 1 is 1.04 bits per heavy atom. The van der Waals surface area contributed by atoms with Gasteiger partial charge in [-0.2, -0.15) is 0 Å². The summed E-state index contributed by atoms with van der Waals surface area (Å²) in [6.45, 7) is 14.6. The van der Waals surface area contributed by atoms with Crippen molar-refractivity contribution in [3.63, 3.8) is 0 Å². The molecule has 0 aliphatic heterocycles. The lowest BCUT2D eigenvalue weighted by molar-refractivity contribution is -0.137. The molecule has 24 heavy (non-hydrogen) atoms. The second-order valence-corrected chi connectivity index (χ2v) is 8.90. The number of carboxylic acids is 1. The van der Waals surface area contributed by atoms with Crippen LogP contribution in [-0.2, 0) is 15.6 Å². The van der Waals surface area contributed by atoms with E-state index in [1.165, 1.54) is 0 Å². The normalized spacial score (nSPS) is 13.8. The van der Waals surface area contributed by atoms with E-state index in [9.17, 15) is 15.0 Å². The van der Waals surface area contributed by atoms with Crippen molar-refractivity contribution in [3.05, 3.63) is 28.8 Å². The largest absolute Gasteiger partial charge is 0.507 e. The van der Waals surface area contributed by atoms with E-state index in [4.69, 9.17) is 0 Å². The van der Waals surface area contributed by atoms with Gasteiger partial charge in [0.2, 0.25) is 0 Å². The van der Waals surface area contributed by atoms with Gasteiger partial charge in [-0.05, 0) is 39.9 Å². The highest BCUT2D eigenvalue weighted by Gasteiger charge is 2.28. The Labute approximate surface area is 147 Å². The molecule has 3 nitrogen and oxygen atoms in total. The lowest BCUT2D eigenvalue weighted by Gasteiger charge is -2.29. The van der Waals surface area contributed by atoms with E-state index in [1.807, 2.05) is 12.1 Å². The van der Waals surface area contributed by atoms with E-state index < -0.39 is 5.97 Å². The van der Waals surface area contributed by atoms with Crippen molar-refractivity contribution in [1.82, 2.24) is 0 Å². The van der Waals surface area contributed by atoms with E-state index in [0.29, 0.717) is 5.75 Å². The van der Waals surface area contributed by atoms with Gasteiger partial charge in [-0.1, -0.05) is 73.4 Å². The average Bonchev–Trinajstić information content (AvgIpc) is 2.40. The van der Waals surface area contributed by atoms with Crippen molar-refractivity contribution in [2.24, 2.45) is 0 Å². The third-order valence-electron chi connectivity index (χ3n) is 4.55. The first-order valence-corrected chi connectivity index (χ1v) is 8.97. The van der Waals surface area contributed by atoms with Gasteiger partial charge >= 0.3 is 5.97 Å². The van der Waals surface area contributed by atoms with Crippen molar-refractivity contribution in [1.29, 1.82) is 0 Å². The molecule has 0 aliphatic carbocycles. The number of phenols is 1. The Bertz CT molecular complexity index is 539. The first kappa shape index (κ1) is 20.5. The van der Waals surface area contributed by atoms with Gasteiger partial charge in [0.15, 0.2) is 0 Å². The zero-order chi connectivity index (χ0) is 18.7. The summed E-state index contributed by atoms with van der Waals surface area (Å²) >= 11 is 0. The van der Waals surface area contributed by atoms with Crippen molar-refractivity contribution in [2.45, 2.75) is 90.9 Å². The average molecular weight is 335 g/mol. The summed E-state index contributed by atoms with van der Waals surface area (Å²) < 4.78 is 0. The number of hydrogen-bond donors (Lipinski definition) is 2. The van der Waals surface area contributed by atoms with Gasteiger partial charge in [0.1, 0.15) is 5.75 Å². The number of unbranched alkanes of at least 4 members (excludes halogenated alkanes) is 1. The number of phenolic OH excluding ortho intramolecular Hbond substituents is 1. The Kier molecular flexibility index (Phi) is 6.49. The zero-order valence-electron chi connectivity index (χ0n) is 16.4. The van der Waals surface area contributed by atoms with Gasteiger partial charge in [-0.3, -0.25) is 4.79 Å². The lowest BCUT2D eigenvalue weighted by atomic mass is 9.76. The summed E-state index contributed by atoms with van der Waals surface area (Å²) in [5.41, 5.74) is 2.45. The molecular weight excluding hydrogens is 300 g/mol. The molecule has 136 valence electrons. The van der Waals surface area contributed by atoms with Gasteiger partial charge in [0, 0.05) is 0 Å². The van der Waals surface area contributed by atoms with E-state index in [0.717, 1.165) is 36.0 Å². The molecule has 1 atom stereocenters. The number of carboxylic acid groups (broad SMARTS) is 1. The summed E-state index contributed by atoms with van der Waals surface area (Å²) in [6.07, 6.45) is 3.06. The van der Waals surface area contributed by atoms with Gasteiger partial charge in [-0.25, -0.2) is 0 Å². The standard InChI is InChI=1S/C21H34O3/c1-8-9-10-14(13-18(22)23)15-11-16(20(2,3)4)19(24)17(12-15)21(5,6)7/h11-12,14,24H,8-10,13H2,1-7H3,(H,22,23). The number of rotatable bonds is 6. The van der Waals surface area contributed by atoms with Crippen molar-refractivity contribution < 1.29 is 15.0 Å². The number of aromatic hydroxyl groups is 1. The quantitative estimate of drug-likeness (QED) is 0.698. The van der Waals surface area contributed by atoms with Crippen molar-refractivity contribution >= 4 is 5.97 Å². The van der Waals surface area contributed by atoms with Crippen LogP contribution in [0.5, 0.6) is 5.75 Å². The van der Waals surface area contributed by atoms with Crippen LogP contribution in [0.25, 0.3) is 0 Å². The molecule has 0 saturated carbocycles. The predicted molar refractivity (Wildman–Crippen MR) is 100 cm³/mol. The third kappa shape index (κ3) is 5.25. The molecule has 0 amide bonds. The van der Waals surface area contributed by atoms with Gasteiger partial charge in [-0.15, -0.1) is 0 Å². The molecular formula is C21H34O3. The first-order chi connectivity index (χ1) is 10.9. The monoisotopic (exact) mass is 334 g/mol. The molecule has 0 aromatic heterocycles. The Morgan fingerprint density at radius 3 is 1.83 bits per heavy atom. The predicted octanol–water partition coefficient (Wildman–Crippen LogP) is 5.74. The maximum atomic E-state index is 11.3. The van der Waals surface area contributed by atoms with Crippen molar-refractivity contribution in [2.75, 3.05) is 0 Å². The smallest absolute Gasteiger partial charge is 0.303 e. The van der Waals surface area contributed by atoms with Gasteiger partial charge in [0.25, 0.3) is 0 Å². The molecule has 0 spiro atoms. The molecule has 0 fully saturated rings. The second-order valence-electron chi connectivity index (χ2n) is 8.90. The van der Waals surface area contributed by atoms with E-state index in [-0.39, 0.29) is 23.2 Å². The lowest BCUT2D eigenvalue weighted by Crippen LogP contribution is -2.19. The minimum absolute atomic E-state index is 0.00903. The molecule has 1 rings (SSSR count). The molecule has 0 heterocycles. The molecule has 0 bridgehead atoms. The molecule has 1 unspecified atom stereocenters. The SMILES string of the molecule is CCCCC(CC(=O)O)c1cc(C(C)(C)C)c(O)c(C(C)(C)C)c1. The van der Waals surface area contributed by atoms with E-state index in [2.05, 4.69) is 48.5 Å². The fraction of sp³-hybridized carbons (Fsp3) is 0.667. The summed E-state index contributed by atoms with van der Waals surface area (Å²) in [5, 5.41) is 20.1. The summed E-state index contributed by atoms with van der Waals surface area (Å²) in [4.78, 5) is 11.3. The fourth-order valence-corrected chi connectivity index (χ4v) is 3.08. The van der Waals surface area contributed by atoms with Crippen LogP contribution >= 0.6 is 0 Å². The van der Waals surface area contributed by atoms with Crippen LogP contribution < -0.4 is 0 Å². The Balaban J connectivity index is 3.52. The van der Waals surface area contributed by atoms with Crippen LogP contribution in [0.4, 0.5) is 0 Å². The highest BCUT2D eigenvalue weighted by atomic mass is 16.4. The molecule has 0 radical (unpaired) electrons. The molecule has 0 saturated heterocycles. The summed E-state index contributed by atoms with van der Waals surface area (Å²) in [5.74, 6) is -0.424. The Morgan fingerprint density at radius 2 is 1.50 bits per heavy atom. The van der Waals surface area contributed by atoms with Crippen LogP contribution in [0.15, 0.2) is 12.1 Å². The number of aliphatic carboxylic acids is 1. The molecule has 1 aromatic carbocycles. The van der Waals surface area contributed by atoms with E-state index in [1.54, 1.807) is 0 Å². The Hall–Kier alpha value is -1.51. The zero-order valence-corrected chi connectivity index (χ0v) is 16.4. The first-order valence-electron chi connectivity index (χ1n) is 8.97. The van der Waals surface area contributed by atoms with Crippen LogP contribution in [0.2, 0.25) is 0 Å². The van der Waals surface area contributed by atoms with Crippen LogP contribution in [0.1, 0.15) is 96.8 Å². The topological polar surface area (TPSA) is 57.5 Å². The number of carbonyl (C=O) groups is 1. The van der Waals surface area contributed by atoms with Crippen LogP contribution in [-0.4, -0.2) is 16.2 Å². The van der Waals surface area contributed by atoms with Crippen LogP contribution in [0, 0.1) is 0 Å².